The summed E-state index contributed by atoms with van der Waals surface area (Å²) in [5.74, 6) is 0.477. The number of nitriles is 1. The fraction of sp³-hybridized carbons (Fsp3) is 0.600. The van der Waals surface area contributed by atoms with Crippen LogP contribution in [0.25, 0.3) is 0 Å². The zero-order valence-corrected chi connectivity index (χ0v) is 12.6. The van der Waals surface area contributed by atoms with Crippen molar-refractivity contribution in [2.45, 2.75) is 40.2 Å². The van der Waals surface area contributed by atoms with Crippen molar-refractivity contribution in [3.05, 3.63) is 23.0 Å². The Morgan fingerprint density at radius 2 is 2.05 bits per heavy atom. The van der Waals surface area contributed by atoms with Crippen molar-refractivity contribution in [1.82, 2.24) is 4.98 Å². The van der Waals surface area contributed by atoms with Crippen LogP contribution in [0, 0.1) is 31.1 Å². The summed E-state index contributed by atoms with van der Waals surface area (Å²) in [6.07, 6.45) is 0.916. The van der Waals surface area contributed by atoms with Gasteiger partial charge in [0, 0.05) is 25.3 Å². The lowest BCUT2D eigenvalue weighted by Crippen LogP contribution is -2.32. The minimum absolute atomic E-state index is 0.192. The molecule has 1 heterocycles. The van der Waals surface area contributed by atoms with E-state index in [9.17, 15) is 5.26 Å². The molecule has 0 bridgehead atoms. The number of anilines is 1. The molecule has 1 rings (SSSR count). The number of rotatable bonds is 5. The van der Waals surface area contributed by atoms with Crippen LogP contribution < -0.4 is 10.6 Å². The molecule has 4 nitrogen and oxygen atoms in total. The second kappa shape index (κ2) is 6.53. The average Bonchev–Trinajstić information content (AvgIpc) is 2.34. The summed E-state index contributed by atoms with van der Waals surface area (Å²) in [5, 5.41) is 9.26. The van der Waals surface area contributed by atoms with Gasteiger partial charge in [-0.1, -0.05) is 13.8 Å². The van der Waals surface area contributed by atoms with E-state index in [0.29, 0.717) is 11.5 Å². The minimum atomic E-state index is 0.192. The molecule has 0 saturated heterocycles. The predicted octanol–water partition coefficient (Wildman–Crippen LogP) is 2.38. The van der Waals surface area contributed by atoms with Gasteiger partial charge in [0.1, 0.15) is 6.07 Å². The summed E-state index contributed by atoms with van der Waals surface area (Å²) in [6.45, 7) is 8.93. The fourth-order valence-corrected chi connectivity index (χ4v) is 2.04. The summed E-state index contributed by atoms with van der Waals surface area (Å²) >= 11 is 0. The SMILES string of the molecule is Cc1cc(N(C)CCC(N)C(C)C)c(C#N)c(C)n1. The van der Waals surface area contributed by atoms with Gasteiger partial charge >= 0.3 is 0 Å². The van der Waals surface area contributed by atoms with Crippen molar-refractivity contribution in [3.63, 3.8) is 0 Å². The monoisotopic (exact) mass is 260 g/mol. The van der Waals surface area contributed by atoms with Gasteiger partial charge in [0.25, 0.3) is 0 Å². The van der Waals surface area contributed by atoms with Gasteiger partial charge in [-0.15, -0.1) is 0 Å². The molecule has 0 radical (unpaired) electrons. The molecule has 0 aliphatic carbocycles. The summed E-state index contributed by atoms with van der Waals surface area (Å²) < 4.78 is 0. The highest BCUT2D eigenvalue weighted by Crippen LogP contribution is 2.22. The van der Waals surface area contributed by atoms with Crippen LogP contribution in [0.5, 0.6) is 0 Å². The average molecular weight is 260 g/mol. The van der Waals surface area contributed by atoms with Crippen LogP contribution in [0.1, 0.15) is 37.2 Å². The van der Waals surface area contributed by atoms with Crippen LogP contribution in [0.4, 0.5) is 5.69 Å². The molecule has 4 heteroatoms. The molecule has 0 amide bonds. The lowest BCUT2D eigenvalue weighted by Gasteiger charge is -2.24. The van der Waals surface area contributed by atoms with Crippen molar-refractivity contribution in [3.8, 4) is 6.07 Å². The van der Waals surface area contributed by atoms with Crippen LogP contribution in [-0.4, -0.2) is 24.6 Å². The Bertz CT molecular complexity index is 474. The highest BCUT2D eigenvalue weighted by atomic mass is 15.1. The Balaban J connectivity index is 2.88. The van der Waals surface area contributed by atoms with Crippen molar-refractivity contribution >= 4 is 5.69 Å². The van der Waals surface area contributed by atoms with E-state index < -0.39 is 0 Å². The summed E-state index contributed by atoms with van der Waals surface area (Å²) in [5.41, 5.74) is 9.40. The first kappa shape index (κ1) is 15.5. The first-order chi connectivity index (χ1) is 8.86. The lowest BCUT2D eigenvalue weighted by molar-refractivity contribution is 0.466. The molecule has 0 aliphatic heterocycles. The van der Waals surface area contributed by atoms with Crippen molar-refractivity contribution in [2.24, 2.45) is 11.7 Å². The van der Waals surface area contributed by atoms with Gasteiger partial charge < -0.3 is 10.6 Å². The Hall–Kier alpha value is -1.60. The quantitative estimate of drug-likeness (QED) is 0.882. The normalized spacial score (nSPS) is 12.3. The van der Waals surface area contributed by atoms with Crippen molar-refractivity contribution in [2.75, 3.05) is 18.5 Å². The smallest absolute Gasteiger partial charge is 0.103 e. The molecule has 1 unspecified atom stereocenters. The highest BCUT2D eigenvalue weighted by molar-refractivity contribution is 5.61. The molecule has 2 N–H and O–H groups in total. The zero-order chi connectivity index (χ0) is 14.6. The predicted molar refractivity (Wildman–Crippen MR) is 79.1 cm³/mol. The Morgan fingerprint density at radius 3 is 2.58 bits per heavy atom. The maximum atomic E-state index is 9.26. The zero-order valence-electron chi connectivity index (χ0n) is 12.6. The van der Waals surface area contributed by atoms with E-state index in [4.69, 9.17) is 5.73 Å². The minimum Gasteiger partial charge on any atom is -0.373 e. The molecule has 19 heavy (non-hydrogen) atoms. The van der Waals surface area contributed by atoms with Gasteiger partial charge in [-0.05, 0) is 32.3 Å². The van der Waals surface area contributed by atoms with E-state index >= 15 is 0 Å². The fourth-order valence-electron chi connectivity index (χ4n) is 2.04. The Kier molecular flexibility index (Phi) is 5.31. The number of hydrogen-bond acceptors (Lipinski definition) is 4. The number of nitrogens with two attached hydrogens (primary N) is 1. The Labute approximate surface area is 116 Å². The van der Waals surface area contributed by atoms with Crippen LogP contribution >= 0.6 is 0 Å². The highest BCUT2D eigenvalue weighted by Gasteiger charge is 2.14. The Morgan fingerprint density at radius 1 is 1.42 bits per heavy atom. The summed E-state index contributed by atoms with van der Waals surface area (Å²) in [4.78, 5) is 6.44. The molecule has 0 fully saturated rings. The number of aryl methyl sites for hydroxylation is 2. The van der Waals surface area contributed by atoms with Gasteiger partial charge in [0.2, 0.25) is 0 Å². The van der Waals surface area contributed by atoms with E-state index in [-0.39, 0.29) is 6.04 Å². The molecular formula is C15H24N4. The van der Waals surface area contributed by atoms with Crippen LogP contribution in [0.15, 0.2) is 6.07 Å². The molecule has 0 saturated carbocycles. The molecule has 1 aromatic heterocycles. The third-order valence-electron chi connectivity index (χ3n) is 3.48. The second-order valence-corrected chi connectivity index (χ2v) is 5.47. The van der Waals surface area contributed by atoms with E-state index in [1.807, 2.05) is 27.0 Å². The second-order valence-electron chi connectivity index (χ2n) is 5.47. The van der Waals surface area contributed by atoms with Crippen LogP contribution in [0.3, 0.4) is 0 Å². The van der Waals surface area contributed by atoms with Crippen LogP contribution in [0.2, 0.25) is 0 Å². The number of nitrogens with zero attached hydrogens (tertiary/aromatic N) is 3. The van der Waals surface area contributed by atoms with Gasteiger partial charge in [-0.25, -0.2) is 0 Å². The molecular weight excluding hydrogens is 236 g/mol. The maximum Gasteiger partial charge on any atom is 0.103 e. The van der Waals surface area contributed by atoms with Gasteiger partial charge in [-0.2, -0.15) is 5.26 Å². The standard InChI is InChI=1S/C15H24N4/c1-10(2)14(17)6-7-19(5)15-8-11(3)18-12(4)13(15)9-16/h8,10,14H,6-7,17H2,1-5H3. The van der Waals surface area contributed by atoms with Gasteiger partial charge in [0.15, 0.2) is 0 Å². The first-order valence-electron chi connectivity index (χ1n) is 6.71. The largest absolute Gasteiger partial charge is 0.373 e. The third-order valence-corrected chi connectivity index (χ3v) is 3.48. The summed E-state index contributed by atoms with van der Waals surface area (Å²) in [6, 6.07) is 4.40. The molecule has 0 spiro atoms. The van der Waals surface area contributed by atoms with E-state index in [0.717, 1.165) is 30.0 Å². The number of hydrogen-bond donors (Lipinski definition) is 1. The van der Waals surface area contributed by atoms with Gasteiger partial charge in [0.05, 0.1) is 16.9 Å². The first-order valence-corrected chi connectivity index (χ1v) is 6.71. The van der Waals surface area contributed by atoms with E-state index in [2.05, 4.69) is 29.8 Å². The van der Waals surface area contributed by atoms with Crippen molar-refractivity contribution < 1.29 is 0 Å². The van der Waals surface area contributed by atoms with Crippen LogP contribution in [-0.2, 0) is 0 Å². The van der Waals surface area contributed by atoms with E-state index in [1.165, 1.54) is 0 Å². The third kappa shape index (κ3) is 3.93. The summed E-state index contributed by atoms with van der Waals surface area (Å²) in [7, 11) is 2.00. The molecule has 1 aromatic rings. The number of pyridine rings is 1. The molecule has 104 valence electrons. The number of aromatic nitrogens is 1. The van der Waals surface area contributed by atoms with E-state index in [1.54, 1.807) is 0 Å². The van der Waals surface area contributed by atoms with Gasteiger partial charge in [-0.3, -0.25) is 4.98 Å². The molecule has 0 aromatic carbocycles. The van der Waals surface area contributed by atoms with Crippen molar-refractivity contribution in [1.29, 1.82) is 5.26 Å². The lowest BCUT2D eigenvalue weighted by atomic mass is 10.0. The molecule has 0 aliphatic rings. The topological polar surface area (TPSA) is 65.9 Å². The maximum absolute atomic E-state index is 9.26. The molecule has 1 atom stereocenters.